The summed E-state index contributed by atoms with van der Waals surface area (Å²) in [5.41, 5.74) is 0. The van der Waals surface area contributed by atoms with E-state index in [2.05, 4.69) is 17.1 Å². The standard InChI is InChI=1S/C12H24N2O3S/c1-10(7-12-8-17-5-3-13-12)14-4-6-18(15,16)9-11(14)2/h10-13H,3-9H2,1-2H3. The molecule has 0 bridgehead atoms. The van der Waals surface area contributed by atoms with Crippen molar-refractivity contribution in [1.29, 1.82) is 0 Å². The topological polar surface area (TPSA) is 58.6 Å². The van der Waals surface area contributed by atoms with Crippen molar-refractivity contribution in [3.8, 4) is 0 Å². The average Bonchev–Trinajstić information content (AvgIpc) is 2.28. The van der Waals surface area contributed by atoms with E-state index in [-0.39, 0.29) is 6.04 Å². The fourth-order valence-electron chi connectivity index (χ4n) is 2.98. The minimum Gasteiger partial charge on any atom is -0.379 e. The van der Waals surface area contributed by atoms with Crippen molar-refractivity contribution in [2.75, 3.05) is 37.8 Å². The second-order valence-corrected chi connectivity index (χ2v) is 7.74. The second kappa shape index (κ2) is 5.86. The van der Waals surface area contributed by atoms with Gasteiger partial charge in [-0.3, -0.25) is 4.90 Å². The lowest BCUT2D eigenvalue weighted by Crippen LogP contribution is -2.53. The van der Waals surface area contributed by atoms with E-state index in [4.69, 9.17) is 4.74 Å². The van der Waals surface area contributed by atoms with Gasteiger partial charge in [-0.15, -0.1) is 0 Å². The zero-order valence-electron chi connectivity index (χ0n) is 11.3. The highest BCUT2D eigenvalue weighted by molar-refractivity contribution is 7.91. The molecule has 0 aromatic heterocycles. The van der Waals surface area contributed by atoms with Crippen molar-refractivity contribution in [2.45, 2.75) is 38.4 Å². The van der Waals surface area contributed by atoms with E-state index >= 15 is 0 Å². The van der Waals surface area contributed by atoms with Gasteiger partial charge in [0.1, 0.15) is 0 Å². The number of nitrogens with one attached hydrogen (secondary N) is 1. The molecule has 0 aromatic rings. The summed E-state index contributed by atoms with van der Waals surface area (Å²) in [6.07, 6.45) is 1.02. The number of hydrogen-bond donors (Lipinski definition) is 1. The van der Waals surface area contributed by atoms with Crippen LogP contribution in [0.1, 0.15) is 20.3 Å². The van der Waals surface area contributed by atoms with E-state index in [1.807, 2.05) is 6.92 Å². The molecule has 5 nitrogen and oxygen atoms in total. The average molecular weight is 276 g/mol. The molecule has 2 fully saturated rings. The molecule has 2 aliphatic rings. The zero-order chi connectivity index (χ0) is 13.2. The van der Waals surface area contributed by atoms with Crippen LogP contribution in [0.3, 0.4) is 0 Å². The molecule has 0 aromatic carbocycles. The smallest absolute Gasteiger partial charge is 0.153 e. The molecule has 2 aliphatic heterocycles. The summed E-state index contributed by atoms with van der Waals surface area (Å²) in [6.45, 7) is 7.34. The van der Waals surface area contributed by atoms with Gasteiger partial charge < -0.3 is 10.1 Å². The molecule has 0 amide bonds. The lowest BCUT2D eigenvalue weighted by Gasteiger charge is -2.39. The molecule has 106 valence electrons. The normalized spacial score (nSPS) is 35.2. The zero-order valence-corrected chi connectivity index (χ0v) is 12.1. The summed E-state index contributed by atoms with van der Waals surface area (Å²) in [5, 5.41) is 3.45. The quantitative estimate of drug-likeness (QED) is 0.778. The maximum atomic E-state index is 11.6. The summed E-state index contributed by atoms with van der Waals surface area (Å²) in [6, 6.07) is 0.928. The number of morpholine rings is 1. The van der Waals surface area contributed by atoms with Crippen molar-refractivity contribution in [2.24, 2.45) is 0 Å². The van der Waals surface area contributed by atoms with Crippen LogP contribution in [-0.2, 0) is 14.6 Å². The van der Waals surface area contributed by atoms with E-state index in [1.165, 1.54) is 0 Å². The number of hydrogen-bond acceptors (Lipinski definition) is 5. The molecule has 0 radical (unpaired) electrons. The van der Waals surface area contributed by atoms with Crippen LogP contribution >= 0.6 is 0 Å². The first-order chi connectivity index (χ1) is 8.48. The molecular formula is C12H24N2O3S. The molecule has 6 heteroatoms. The largest absolute Gasteiger partial charge is 0.379 e. The van der Waals surface area contributed by atoms with Gasteiger partial charge in [0.05, 0.1) is 24.7 Å². The molecular weight excluding hydrogens is 252 g/mol. The Labute approximate surface area is 110 Å². The van der Waals surface area contributed by atoms with Crippen molar-refractivity contribution in [1.82, 2.24) is 10.2 Å². The van der Waals surface area contributed by atoms with Crippen LogP contribution in [-0.4, -0.2) is 69.3 Å². The Hall–Kier alpha value is -0.170. The Bertz CT molecular complexity index is 366. The molecule has 0 spiro atoms. The Morgan fingerprint density at radius 2 is 2.28 bits per heavy atom. The summed E-state index contributed by atoms with van der Waals surface area (Å²) >= 11 is 0. The van der Waals surface area contributed by atoms with Crippen LogP contribution in [0.2, 0.25) is 0 Å². The van der Waals surface area contributed by atoms with Gasteiger partial charge >= 0.3 is 0 Å². The molecule has 2 rings (SSSR count). The van der Waals surface area contributed by atoms with E-state index in [0.29, 0.717) is 30.1 Å². The maximum Gasteiger partial charge on any atom is 0.153 e. The molecule has 2 saturated heterocycles. The highest BCUT2D eigenvalue weighted by Crippen LogP contribution is 2.18. The summed E-state index contributed by atoms with van der Waals surface area (Å²) < 4.78 is 28.6. The van der Waals surface area contributed by atoms with Crippen LogP contribution in [0.25, 0.3) is 0 Å². The summed E-state index contributed by atoms with van der Waals surface area (Å²) in [4.78, 5) is 2.32. The van der Waals surface area contributed by atoms with E-state index in [1.54, 1.807) is 0 Å². The first-order valence-corrected chi connectivity index (χ1v) is 8.57. The molecule has 0 saturated carbocycles. The number of sulfone groups is 1. The van der Waals surface area contributed by atoms with E-state index in [9.17, 15) is 8.42 Å². The minimum atomic E-state index is -2.81. The Morgan fingerprint density at radius 3 is 2.89 bits per heavy atom. The summed E-state index contributed by atoms with van der Waals surface area (Å²) in [7, 11) is -2.81. The van der Waals surface area contributed by atoms with E-state index in [0.717, 1.165) is 26.2 Å². The summed E-state index contributed by atoms with van der Waals surface area (Å²) in [5.74, 6) is 0.599. The van der Waals surface area contributed by atoms with Gasteiger partial charge in [-0.25, -0.2) is 8.42 Å². The van der Waals surface area contributed by atoms with Crippen LogP contribution in [0.5, 0.6) is 0 Å². The highest BCUT2D eigenvalue weighted by atomic mass is 32.2. The third-order valence-electron chi connectivity index (χ3n) is 3.91. The van der Waals surface area contributed by atoms with Crippen molar-refractivity contribution >= 4 is 9.84 Å². The van der Waals surface area contributed by atoms with Crippen LogP contribution in [0, 0.1) is 0 Å². The highest BCUT2D eigenvalue weighted by Gasteiger charge is 2.31. The van der Waals surface area contributed by atoms with Gasteiger partial charge in [-0.2, -0.15) is 0 Å². The fraction of sp³-hybridized carbons (Fsp3) is 1.00. The SMILES string of the molecule is CC(CC1COCCN1)N1CCS(=O)(=O)CC1C. The number of nitrogens with zero attached hydrogens (tertiary/aromatic N) is 1. The van der Waals surface area contributed by atoms with Gasteiger partial charge in [-0.1, -0.05) is 0 Å². The second-order valence-electron chi connectivity index (χ2n) is 5.51. The minimum absolute atomic E-state index is 0.128. The van der Waals surface area contributed by atoms with Gasteiger partial charge in [0.25, 0.3) is 0 Å². The third-order valence-corrected chi connectivity index (χ3v) is 5.71. The van der Waals surface area contributed by atoms with Gasteiger partial charge in [0.15, 0.2) is 9.84 Å². The molecule has 18 heavy (non-hydrogen) atoms. The van der Waals surface area contributed by atoms with Crippen LogP contribution in [0.4, 0.5) is 0 Å². The van der Waals surface area contributed by atoms with Crippen LogP contribution < -0.4 is 5.32 Å². The fourth-order valence-corrected chi connectivity index (χ4v) is 4.57. The predicted molar refractivity (Wildman–Crippen MR) is 71.5 cm³/mol. The predicted octanol–water partition coefficient (Wildman–Crippen LogP) is -0.128. The lowest BCUT2D eigenvalue weighted by molar-refractivity contribution is 0.0581. The van der Waals surface area contributed by atoms with Gasteiger partial charge in [0.2, 0.25) is 0 Å². The lowest BCUT2D eigenvalue weighted by atomic mass is 10.1. The Kier molecular flexibility index (Phi) is 4.64. The van der Waals surface area contributed by atoms with Crippen molar-refractivity contribution in [3.63, 3.8) is 0 Å². The third kappa shape index (κ3) is 3.66. The first kappa shape index (κ1) is 14.2. The molecule has 2 heterocycles. The monoisotopic (exact) mass is 276 g/mol. The van der Waals surface area contributed by atoms with Gasteiger partial charge in [0, 0.05) is 31.2 Å². The Balaban J connectivity index is 1.86. The van der Waals surface area contributed by atoms with Crippen molar-refractivity contribution < 1.29 is 13.2 Å². The number of ether oxygens (including phenoxy) is 1. The maximum absolute atomic E-state index is 11.6. The van der Waals surface area contributed by atoms with Crippen LogP contribution in [0.15, 0.2) is 0 Å². The first-order valence-electron chi connectivity index (χ1n) is 6.75. The van der Waals surface area contributed by atoms with Crippen molar-refractivity contribution in [3.05, 3.63) is 0 Å². The molecule has 0 aliphatic carbocycles. The number of rotatable bonds is 3. The molecule has 3 unspecified atom stereocenters. The molecule has 1 N–H and O–H groups in total. The van der Waals surface area contributed by atoms with Gasteiger partial charge in [-0.05, 0) is 20.3 Å². The Morgan fingerprint density at radius 1 is 1.50 bits per heavy atom. The van der Waals surface area contributed by atoms with E-state index < -0.39 is 9.84 Å². The molecule has 3 atom stereocenters.